The van der Waals surface area contributed by atoms with Crippen LogP contribution < -0.4 is 16.0 Å². The van der Waals surface area contributed by atoms with E-state index in [9.17, 15) is 9.59 Å². The zero-order valence-corrected chi connectivity index (χ0v) is 19.6. The number of aromatic amines is 1. The summed E-state index contributed by atoms with van der Waals surface area (Å²) in [7, 11) is 0. The zero-order valence-electron chi connectivity index (χ0n) is 19.6. The number of imidazole rings is 1. The molecule has 2 N–H and O–H groups in total. The summed E-state index contributed by atoms with van der Waals surface area (Å²) in [6.45, 7) is 9.33. The van der Waals surface area contributed by atoms with Gasteiger partial charge in [0.15, 0.2) is 11.2 Å². The monoisotopic (exact) mass is 459 g/mol. The molecular formula is C26H29N5O3. The number of benzene rings is 1. The molecule has 1 aromatic carbocycles. The molecule has 2 aliphatic rings. The van der Waals surface area contributed by atoms with Crippen molar-refractivity contribution < 1.29 is 14.0 Å². The third kappa shape index (κ3) is 4.04. The summed E-state index contributed by atoms with van der Waals surface area (Å²) in [5.74, 6) is 1.41. The molecule has 8 nitrogen and oxygen atoms in total. The lowest BCUT2D eigenvalue weighted by Crippen LogP contribution is -2.40. The number of H-pyrrole nitrogens is 1. The first-order valence-electron chi connectivity index (χ1n) is 11.7. The van der Waals surface area contributed by atoms with Crippen LogP contribution in [0.2, 0.25) is 0 Å². The average Bonchev–Trinajstić information content (AvgIpc) is 3.15. The molecule has 3 heterocycles. The van der Waals surface area contributed by atoms with Crippen molar-refractivity contribution in [2.45, 2.75) is 33.1 Å². The van der Waals surface area contributed by atoms with Crippen molar-refractivity contribution in [3.63, 3.8) is 0 Å². The third-order valence-electron chi connectivity index (χ3n) is 7.30. The van der Waals surface area contributed by atoms with Gasteiger partial charge >= 0.3 is 0 Å². The molecule has 34 heavy (non-hydrogen) atoms. The molecule has 1 spiro atoms. The second-order valence-corrected chi connectivity index (χ2v) is 9.35. The minimum absolute atomic E-state index is 0.0671. The van der Waals surface area contributed by atoms with Crippen LogP contribution in [0.4, 0.5) is 0 Å². The van der Waals surface area contributed by atoms with Crippen molar-refractivity contribution in [3.8, 4) is 0 Å². The highest BCUT2D eigenvalue weighted by molar-refractivity contribution is 5.97. The topological polar surface area (TPSA) is 104 Å². The number of aromatic nitrogens is 2. The van der Waals surface area contributed by atoms with E-state index in [-0.39, 0.29) is 23.0 Å². The van der Waals surface area contributed by atoms with Gasteiger partial charge in [0.1, 0.15) is 5.82 Å². The van der Waals surface area contributed by atoms with Crippen LogP contribution in [0.5, 0.6) is 0 Å². The van der Waals surface area contributed by atoms with Gasteiger partial charge in [0, 0.05) is 30.4 Å². The fourth-order valence-corrected chi connectivity index (χ4v) is 5.18. The van der Waals surface area contributed by atoms with Crippen LogP contribution in [0.1, 0.15) is 52.9 Å². The minimum Gasteiger partial charge on any atom is -0.449 e. The molecule has 2 amide bonds. The van der Waals surface area contributed by atoms with E-state index < -0.39 is 0 Å². The Morgan fingerprint density at radius 1 is 1.35 bits per heavy atom. The normalized spacial score (nSPS) is 20.2. The quantitative estimate of drug-likeness (QED) is 0.572. The van der Waals surface area contributed by atoms with Crippen molar-refractivity contribution in [3.05, 3.63) is 52.0 Å². The predicted molar refractivity (Wildman–Crippen MR) is 131 cm³/mol. The van der Waals surface area contributed by atoms with Gasteiger partial charge in [-0.25, -0.2) is 4.98 Å². The van der Waals surface area contributed by atoms with E-state index in [1.54, 1.807) is 6.07 Å². The van der Waals surface area contributed by atoms with E-state index in [1.807, 2.05) is 43.0 Å². The number of fused-ring (bicyclic) bond motifs is 1. The van der Waals surface area contributed by atoms with Crippen molar-refractivity contribution in [1.29, 1.82) is 0 Å². The Bertz CT molecular complexity index is 1390. The first kappa shape index (κ1) is 22.1. The lowest BCUT2D eigenvalue weighted by Gasteiger charge is -2.33. The van der Waals surface area contributed by atoms with Gasteiger partial charge in [0.05, 0.1) is 17.2 Å². The maximum absolute atomic E-state index is 13.0. The highest BCUT2D eigenvalue weighted by Crippen LogP contribution is 2.59. The molecule has 0 radical (unpaired) electrons. The lowest BCUT2D eigenvalue weighted by molar-refractivity contribution is 0.0669. The minimum atomic E-state index is -0.217. The number of carbonyl (C=O) groups excluding carboxylic acids is 2. The number of hydrogen-bond donors (Lipinski definition) is 2. The van der Waals surface area contributed by atoms with Gasteiger partial charge in [0.2, 0.25) is 0 Å². The van der Waals surface area contributed by atoms with E-state index in [4.69, 9.17) is 4.42 Å². The Morgan fingerprint density at radius 2 is 2.15 bits per heavy atom. The van der Waals surface area contributed by atoms with Crippen LogP contribution in [-0.2, 0) is 0 Å². The van der Waals surface area contributed by atoms with Gasteiger partial charge in [-0.2, -0.15) is 0 Å². The standard InChI is InChI=1S/C26H29N5O3/c1-4-17-12-22(34-23(17)15-27-3)24(32)28-14-19-13-26(19)7-9-31(10-8-26)25(33)18-5-6-20-21(11-18)30-16(2)29-20/h4-6,11-12,15,19H,3,7-10,13-14H2,1-2H3,(H,28,32)(H,29,30)/b17-4-,23-15+. The number of nitrogens with one attached hydrogen (secondary N) is 2. The molecule has 1 saturated carbocycles. The van der Waals surface area contributed by atoms with Crippen LogP contribution >= 0.6 is 0 Å². The Hall–Kier alpha value is -3.68. The molecule has 176 valence electrons. The average molecular weight is 460 g/mol. The fourth-order valence-electron chi connectivity index (χ4n) is 5.18. The van der Waals surface area contributed by atoms with Gasteiger partial charge in [0.25, 0.3) is 11.8 Å². The Labute approximate surface area is 197 Å². The number of aliphatic imine (C=N–C) groups is 1. The first-order chi connectivity index (χ1) is 16.4. The van der Waals surface area contributed by atoms with Gasteiger partial charge in [-0.05, 0) is 75.4 Å². The maximum atomic E-state index is 13.0. The molecule has 1 aliphatic carbocycles. The number of hydrogen-bond acceptors (Lipinski definition) is 5. The van der Waals surface area contributed by atoms with Crippen molar-refractivity contribution >= 4 is 41.8 Å². The molecule has 1 saturated heterocycles. The van der Waals surface area contributed by atoms with Gasteiger partial charge in [-0.15, -0.1) is 0 Å². The van der Waals surface area contributed by atoms with Gasteiger partial charge in [-0.1, -0.05) is 6.08 Å². The SMILES string of the molecule is C=N/C=c1/oc(C(=O)NCC2CC23CCN(C(=O)c2ccc4nc(C)[nH]c4c2)CC3)c/c1=C/C. The number of piperidine rings is 1. The van der Waals surface area contributed by atoms with Crippen LogP contribution in [-0.4, -0.2) is 53.0 Å². The van der Waals surface area contributed by atoms with Crippen molar-refractivity contribution in [2.75, 3.05) is 19.6 Å². The highest BCUT2D eigenvalue weighted by atomic mass is 16.3. The maximum Gasteiger partial charge on any atom is 0.287 e. The van der Waals surface area contributed by atoms with E-state index in [0.717, 1.165) is 54.4 Å². The summed E-state index contributed by atoms with van der Waals surface area (Å²) in [6, 6.07) is 7.37. The smallest absolute Gasteiger partial charge is 0.287 e. The zero-order chi connectivity index (χ0) is 23.9. The predicted octanol–water partition coefficient (Wildman–Crippen LogP) is 2.38. The van der Waals surface area contributed by atoms with Crippen LogP contribution in [0, 0.1) is 18.3 Å². The number of rotatable bonds is 5. The molecule has 1 aliphatic heterocycles. The molecule has 5 rings (SSSR count). The van der Waals surface area contributed by atoms with E-state index in [0.29, 0.717) is 23.4 Å². The van der Waals surface area contributed by atoms with Crippen LogP contribution in [0.15, 0.2) is 33.7 Å². The molecule has 1 atom stereocenters. The molecule has 1 unspecified atom stereocenters. The molecule has 8 heteroatoms. The Morgan fingerprint density at radius 3 is 2.88 bits per heavy atom. The second kappa shape index (κ2) is 8.59. The first-order valence-corrected chi connectivity index (χ1v) is 11.7. The number of nitrogens with zero attached hydrogens (tertiary/aromatic N) is 3. The summed E-state index contributed by atoms with van der Waals surface area (Å²) in [4.78, 5) is 38.9. The summed E-state index contributed by atoms with van der Waals surface area (Å²) >= 11 is 0. The highest BCUT2D eigenvalue weighted by Gasteiger charge is 2.54. The summed E-state index contributed by atoms with van der Waals surface area (Å²) in [5.41, 5.74) is 3.22. The summed E-state index contributed by atoms with van der Waals surface area (Å²) in [6.07, 6.45) is 6.39. The molecule has 2 fully saturated rings. The van der Waals surface area contributed by atoms with Crippen LogP contribution in [0.3, 0.4) is 0 Å². The molecule has 3 aromatic rings. The Kier molecular flexibility index (Phi) is 5.59. The summed E-state index contributed by atoms with van der Waals surface area (Å²) < 4.78 is 5.63. The molecular weight excluding hydrogens is 430 g/mol. The number of furan rings is 1. The van der Waals surface area contributed by atoms with E-state index >= 15 is 0 Å². The molecule has 2 aromatic heterocycles. The third-order valence-corrected chi connectivity index (χ3v) is 7.30. The number of likely N-dealkylation sites (tertiary alicyclic amines) is 1. The number of aryl methyl sites for hydroxylation is 1. The number of amides is 2. The Balaban J connectivity index is 1.15. The number of carbonyl (C=O) groups is 2. The van der Waals surface area contributed by atoms with Crippen LogP contribution in [0.25, 0.3) is 23.3 Å². The van der Waals surface area contributed by atoms with Gasteiger partial charge < -0.3 is 19.6 Å². The fraction of sp³-hybridized carbons (Fsp3) is 0.385. The molecule has 0 bridgehead atoms. The summed E-state index contributed by atoms with van der Waals surface area (Å²) in [5, 5.41) is 3.84. The van der Waals surface area contributed by atoms with E-state index in [2.05, 4.69) is 27.0 Å². The van der Waals surface area contributed by atoms with Gasteiger partial charge in [-0.3, -0.25) is 14.6 Å². The van der Waals surface area contributed by atoms with Crippen molar-refractivity contribution in [1.82, 2.24) is 20.2 Å². The largest absolute Gasteiger partial charge is 0.449 e. The second-order valence-electron chi connectivity index (χ2n) is 9.35. The van der Waals surface area contributed by atoms with E-state index in [1.165, 1.54) is 6.20 Å². The van der Waals surface area contributed by atoms with Crippen molar-refractivity contribution in [2.24, 2.45) is 16.3 Å². The lowest BCUT2D eigenvalue weighted by atomic mass is 9.90.